The fraction of sp³-hybridized carbons (Fsp3) is 0.143. The number of rotatable bonds is 5. The summed E-state index contributed by atoms with van der Waals surface area (Å²) in [5, 5.41) is 4.93. The molecule has 0 aliphatic rings. The molecule has 0 radical (unpaired) electrons. The molecule has 4 nitrogen and oxygen atoms in total. The molecule has 0 spiro atoms. The van der Waals surface area contributed by atoms with Gasteiger partial charge in [0, 0.05) is 10.5 Å². The van der Waals surface area contributed by atoms with Crippen LogP contribution in [0.15, 0.2) is 40.6 Å². The lowest BCUT2D eigenvalue weighted by Crippen LogP contribution is -2.16. The van der Waals surface area contributed by atoms with Gasteiger partial charge in [-0.1, -0.05) is 13.0 Å². The molecule has 0 aliphatic heterocycles. The number of hydrogen-bond donors (Lipinski definition) is 2. The molecular formula is C14H14N2O2S2. The summed E-state index contributed by atoms with van der Waals surface area (Å²) in [6.45, 7) is 2.06. The molecule has 0 aliphatic carbocycles. The van der Waals surface area contributed by atoms with Crippen LogP contribution in [0.3, 0.4) is 0 Å². The summed E-state index contributed by atoms with van der Waals surface area (Å²) >= 11 is 2.95. The van der Waals surface area contributed by atoms with Crippen molar-refractivity contribution in [2.45, 2.75) is 11.8 Å². The third-order valence-corrected chi connectivity index (χ3v) is 4.27. The summed E-state index contributed by atoms with van der Waals surface area (Å²) in [5.41, 5.74) is 6.15. The average molecular weight is 306 g/mol. The topological polar surface area (TPSA) is 72.2 Å². The van der Waals surface area contributed by atoms with E-state index in [1.54, 1.807) is 29.3 Å². The molecule has 1 aromatic carbocycles. The van der Waals surface area contributed by atoms with Gasteiger partial charge in [-0.25, -0.2) is 0 Å². The first-order chi connectivity index (χ1) is 9.61. The van der Waals surface area contributed by atoms with Crippen LogP contribution in [-0.4, -0.2) is 17.6 Å². The number of amides is 2. The second-order valence-corrected chi connectivity index (χ2v) is 6.20. The molecule has 0 atom stereocenters. The van der Waals surface area contributed by atoms with Gasteiger partial charge >= 0.3 is 0 Å². The van der Waals surface area contributed by atoms with E-state index < -0.39 is 5.91 Å². The Morgan fingerprint density at radius 1 is 1.35 bits per heavy atom. The van der Waals surface area contributed by atoms with E-state index in [1.807, 2.05) is 18.2 Å². The lowest BCUT2D eigenvalue weighted by atomic mass is 10.2. The van der Waals surface area contributed by atoms with Crippen LogP contribution >= 0.6 is 23.1 Å². The summed E-state index contributed by atoms with van der Waals surface area (Å²) in [6, 6.07) is 8.99. The van der Waals surface area contributed by atoms with Crippen LogP contribution in [0, 0.1) is 0 Å². The van der Waals surface area contributed by atoms with Gasteiger partial charge in [-0.2, -0.15) is 0 Å². The van der Waals surface area contributed by atoms with Gasteiger partial charge in [-0.15, -0.1) is 23.1 Å². The number of primary amides is 1. The molecular weight excluding hydrogens is 292 g/mol. The molecule has 6 heteroatoms. The standard InChI is InChI=1S/C14H14N2O2S2/c1-2-19-10-5-3-4-9(8-10)13(18)16-14-11(12(15)17)6-7-20-14/h3-8H,2H2,1H3,(H2,15,17)(H,16,18). The first-order valence-electron chi connectivity index (χ1n) is 6.03. The van der Waals surface area contributed by atoms with Crippen molar-refractivity contribution >= 4 is 39.9 Å². The van der Waals surface area contributed by atoms with Crippen LogP contribution in [0.1, 0.15) is 27.6 Å². The Morgan fingerprint density at radius 3 is 2.85 bits per heavy atom. The van der Waals surface area contributed by atoms with Gasteiger partial charge in [-0.05, 0) is 35.4 Å². The largest absolute Gasteiger partial charge is 0.366 e. The Morgan fingerprint density at radius 2 is 2.15 bits per heavy atom. The highest BCUT2D eigenvalue weighted by atomic mass is 32.2. The third kappa shape index (κ3) is 3.40. The summed E-state index contributed by atoms with van der Waals surface area (Å²) in [7, 11) is 0. The van der Waals surface area contributed by atoms with Crippen LogP contribution in [0.2, 0.25) is 0 Å². The quantitative estimate of drug-likeness (QED) is 0.833. The van der Waals surface area contributed by atoms with Crippen LogP contribution < -0.4 is 11.1 Å². The highest BCUT2D eigenvalue weighted by Crippen LogP contribution is 2.24. The minimum Gasteiger partial charge on any atom is -0.366 e. The molecule has 0 saturated heterocycles. The maximum atomic E-state index is 12.2. The SMILES string of the molecule is CCSc1cccc(C(=O)Nc2sccc2C(N)=O)c1. The molecule has 20 heavy (non-hydrogen) atoms. The molecule has 0 saturated carbocycles. The van der Waals surface area contributed by atoms with E-state index in [2.05, 4.69) is 12.2 Å². The molecule has 0 bridgehead atoms. The zero-order chi connectivity index (χ0) is 14.5. The van der Waals surface area contributed by atoms with E-state index in [-0.39, 0.29) is 5.91 Å². The fourth-order valence-electron chi connectivity index (χ4n) is 1.67. The number of nitrogens with two attached hydrogens (primary N) is 1. The van der Waals surface area contributed by atoms with Crippen molar-refractivity contribution in [1.82, 2.24) is 0 Å². The fourth-order valence-corrected chi connectivity index (χ4v) is 3.18. The number of nitrogens with one attached hydrogen (secondary N) is 1. The summed E-state index contributed by atoms with van der Waals surface area (Å²) < 4.78 is 0. The molecule has 0 unspecified atom stereocenters. The van der Waals surface area contributed by atoms with E-state index in [4.69, 9.17) is 5.73 Å². The predicted octanol–water partition coefficient (Wildman–Crippen LogP) is 3.21. The Balaban J connectivity index is 2.17. The maximum absolute atomic E-state index is 12.2. The zero-order valence-electron chi connectivity index (χ0n) is 10.9. The Bertz CT molecular complexity index is 638. The Hall–Kier alpha value is -1.79. The predicted molar refractivity (Wildman–Crippen MR) is 83.6 cm³/mol. The van der Waals surface area contributed by atoms with Crippen LogP contribution in [0.5, 0.6) is 0 Å². The van der Waals surface area contributed by atoms with Gasteiger partial charge < -0.3 is 11.1 Å². The number of thiophene rings is 1. The van der Waals surface area contributed by atoms with E-state index in [9.17, 15) is 9.59 Å². The van der Waals surface area contributed by atoms with E-state index in [0.29, 0.717) is 16.1 Å². The number of hydrogen-bond acceptors (Lipinski definition) is 4. The zero-order valence-corrected chi connectivity index (χ0v) is 12.5. The van der Waals surface area contributed by atoms with Crippen molar-refractivity contribution in [3.63, 3.8) is 0 Å². The van der Waals surface area contributed by atoms with E-state index in [0.717, 1.165) is 10.6 Å². The van der Waals surface area contributed by atoms with Crippen molar-refractivity contribution in [2.24, 2.45) is 5.73 Å². The smallest absolute Gasteiger partial charge is 0.256 e. The maximum Gasteiger partial charge on any atom is 0.256 e. The van der Waals surface area contributed by atoms with Crippen molar-refractivity contribution in [1.29, 1.82) is 0 Å². The van der Waals surface area contributed by atoms with Crippen molar-refractivity contribution in [3.05, 3.63) is 46.8 Å². The molecule has 2 rings (SSSR count). The molecule has 104 valence electrons. The number of carbonyl (C=O) groups excluding carboxylic acids is 2. The summed E-state index contributed by atoms with van der Waals surface area (Å²) in [5.74, 6) is 0.160. The Kier molecular flexibility index (Phi) is 4.81. The average Bonchev–Trinajstić information content (AvgIpc) is 2.88. The van der Waals surface area contributed by atoms with Crippen LogP contribution in [0.4, 0.5) is 5.00 Å². The minimum absolute atomic E-state index is 0.242. The number of carbonyl (C=O) groups is 2. The number of thioether (sulfide) groups is 1. The summed E-state index contributed by atoms with van der Waals surface area (Å²) in [4.78, 5) is 24.4. The molecule has 3 N–H and O–H groups in total. The second-order valence-electron chi connectivity index (χ2n) is 3.94. The molecule has 1 aromatic heterocycles. The van der Waals surface area contributed by atoms with Crippen LogP contribution in [0.25, 0.3) is 0 Å². The first-order valence-corrected chi connectivity index (χ1v) is 7.90. The van der Waals surface area contributed by atoms with Gasteiger partial charge in [-0.3, -0.25) is 9.59 Å². The van der Waals surface area contributed by atoms with Gasteiger partial charge in [0.15, 0.2) is 0 Å². The molecule has 2 aromatic rings. The van der Waals surface area contributed by atoms with Gasteiger partial charge in [0.05, 0.1) is 5.56 Å². The normalized spacial score (nSPS) is 10.2. The lowest BCUT2D eigenvalue weighted by molar-refractivity contribution is 0.100. The van der Waals surface area contributed by atoms with Crippen molar-refractivity contribution in [2.75, 3.05) is 11.1 Å². The highest BCUT2D eigenvalue weighted by Gasteiger charge is 2.13. The van der Waals surface area contributed by atoms with Gasteiger partial charge in [0.25, 0.3) is 11.8 Å². The first kappa shape index (κ1) is 14.6. The van der Waals surface area contributed by atoms with Gasteiger partial charge in [0.2, 0.25) is 0 Å². The third-order valence-electron chi connectivity index (χ3n) is 2.56. The Labute approximate surface area is 125 Å². The highest BCUT2D eigenvalue weighted by molar-refractivity contribution is 7.99. The van der Waals surface area contributed by atoms with Crippen molar-refractivity contribution < 1.29 is 9.59 Å². The summed E-state index contributed by atoms with van der Waals surface area (Å²) in [6.07, 6.45) is 0. The monoisotopic (exact) mass is 306 g/mol. The van der Waals surface area contributed by atoms with E-state index >= 15 is 0 Å². The number of benzene rings is 1. The van der Waals surface area contributed by atoms with Gasteiger partial charge in [0.1, 0.15) is 5.00 Å². The lowest BCUT2D eigenvalue weighted by Gasteiger charge is -2.06. The molecule has 1 heterocycles. The number of anilines is 1. The van der Waals surface area contributed by atoms with Crippen LogP contribution in [-0.2, 0) is 0 Å². The van der Waals surface area contributed by atoms with E-state index in [1.165, 1.54) is 11.3 Å². The second kappa shape index (κ2) is 6.58. The van der Waals surface area contributed by atoms with Crippen molar-refractivity contribution in [3.8, 4) is 0 Å². The molecule has 2 amide bonds. The minimum atomic E-state index is -0.545. The molecule has 0 fully saturated rings.